The molecule has 2 N–H and O–H groups in total. The number of fused-ring (bicyclic) bond motifs is 1. The molecular formula is C18H17ClN4O3. The van der Waals surface area contributed by atoms with E-state index in [0.717, 1.165) is 11.1 Å². The smallest absolute Gasteiger partial charge is 0.356 e. The third-order valence-corrected chi connectivity index (χ3v) is 4.31. The van der Waals surface area contributed by atoms with E-state index in [2.05, 4.69) is 15.3 Å². The highest BCUT2D eigenvalue weighted by Crippen LogP contribution is 2.27. The first-order valence-electron chi connectivity index (χ1n) is 7.90. The molecule has 8 heteroatoms. The Morgan fingerprint density at radius 2 is 2.08 bits per heavy atom. The molecular weight excluding hydrogens is 356 g/mol. The van der Waals surface area contributed by atoms with Crippen LogP contribution in [0.4, 0.5) is 5.69 Å². The van der Waals surface area contributed by atoms with E-state index in [1.54, 1.807) is 19.2 Å². The Kier molecular flexibility index (Phi) is 4.65. The fourth-order valence-electron chi connectivity index (χ4n) is 2.86. The van der Waals surface area contributed by atoms with Crippen LogP contribution in [0.1, 0.15) is 34.6 Å². The Hall–Kier alpha value is -2.93. The average Bonchev–Trinajstić information content (AvgIpc) is 2.59. The van der Waals surface area contributed by atoms with Crippen LogP contribution in [0, 0.1) is 6.92 Å². The summed E-state index contributed by atoms with van der Waals surface area (Å²) in [5.74, 6) is -1.18. The Morgan fingerprint density at radius 3 is 2.77 bits per heavy atom. The number of benzene rings is 1. The van der Waals surface area contributed by atoms with Crippen molar-refractivity contribution in [2.75, 3.05) is 5.32 Å². The molecule has 2 heterocycles. The number of pyridine rings is 1. The van der Waals surface area contributed by atoms with Gasteiger partial charge in [0.05, 0.1) is 29.0 Å². The zero-order valence-electron chi connectivity index (χ0n) is 14.4. The van der Waals surface area contributed by atoms with E-state index in [-0.39, 0.29) is 22.4 Å². The minimum absolute atomic E-state index is 0.103. The third-order valence-electron chi connectivity index (χ3n) is 4.10. The number of aromatic carboxylic acids is 1. The molecule has 7 nitrogen and oxygen atoms in total. The molecule has 0 spiro atoms. The van der Waals surface area contributed by atoms with Crippen LogP contribution in [0.3, 0.4) is 0 Å². The van der Waals surface area contributed by atoms with E-state index in [1.165, 1.54) is 17.0 Å². The van der Waals surface area contributed by atoms with Crippen molar-refractivity contribution in [3.05, 3.63) is 62.9 Å². The predicted octanol–water partition coefficient (Wildman–Crippen LogP) is 3.16. The predicted molar refractivity (Wildman–Crippen MR) is 100.0 cm³/mol. The van der Waals surface area contributed by atoms with E-state index < -0.39 is 5.97 Å². The van der Waals surface area contributed by atoms with Gasteiger partial charge in [-0.3, -0.25) is 4.79 Å². The molecule has 134 valence electrons. The highest BCUT2D eigenvalue weighted by molar-refractivity contribution is 6.29. The largest absolute Gasteiger partial charge is 0.476 e. The summed E-state index contributed by atoms with van der Waals surface area (Å²) in [6, 6.07) is 6.51. The maximum atomic E-state index is 12.4. The van der Waals surface area contributed by atoms with E-state index in [4.69, 9.17) is 11.6 Å². The standard InChI is InChI=1S/C18H17ClN4O3/c1-9-6-11(15-12(7-9)17(24)23(3)8-20-15)10(2)21-13-4-5-14(19)22-16(13)18(25)26/h4-8,10,21H,1-3H3,(H,25,26)/t10-/m1/s1. The number of nitrogens with zero attached hydrogens (tertiary/aromatic N) is 3. The molecule has 0 saturated carbocycles. The van der Waals surface area contributed by atoms with Crippen molar-refractivity contribution in [1.29, 1.82) is 0 Å². The van der Waals surface area contributed by atoms with Gasteiger partial charge in [0.25, 0.3) is 5.56 Å². The van der Waals surface area contributed by atoms with Gasteiger partial charge >= 0.3 is 5.97 Å². The summed E-state index contributed by atoms with van der Waals surface area (Å²) in [4.78, 5) is 32.1. The molecule has 2 aromatic heterocycles. The first-order valence-corrected chi connectivity index (χ1v) is 8.28. The summed E-state index contributed by atoms with van der Waals surface area (Å²) in [6.07, 6.45) is 1.47. The van der Waals surface area contributed by atoms with Gasteiger partial charge in [0.1, 0.15) is 5.15 Å². The lowest BCUT2D eigenvalue weighted by Crippen LogP contribution is -2.19. The van der Waals surface area contributed by atoms with Crippen LogP contribution in [-0.4, -0.2) is 25.6 Å². The molecule has 26 heavy (non-hydrogen) atoms. The van der Waals surface area contributed by atoms with Crippen LogP contribution in [0.15, 0.2) is 35.4 Å². The summed E-state index contributed by atoms with van der Waals surface area (Å²) in [5.41, 5.74) is 2.34. The van der Waals surface area contributed by atoms with Crippen LogP contribution in [0.2, 0.25) is 5.15 Å². The number of hydrogen-bond acceptors (Lipinski definition) is 5. The van der Waals surface area contributed by atoms with Gasteiger partial charge in [-0.2, -0.15) is 0 Å². The highest BCUT2D eigenvalue weighted by atomic mass is 35.5. The van der Waals surface area contributed by atoms with Crippen LogP contribution < -0.4 is 10.9 Å². The Labute approximate surface area is 154 Å². The fourth-order valence-corrected chi connectivity index (χ4v) is 3.00. The number of aryl methyl sites for hydroxylation is 2. The number of carboxylic acids is 1. The molecule has 0 aliphatic heterocycles. The highest BCUT2D eigenvalue weighted by Gasteiger charge is 2.18. The molecule has 1 atom stereocenters. The minimum Gasteiger partial charge on any atom is -0.476 e. The van der Waals surface area contributed by atoms with Crippen molar-refractivity contribution in [3.8, 4) is 0 Å². The van der Waals surface area contributed by atoms with E-state index in [9.17, 15) is 14.7 Å². The van der Waals surface area contributed by atoms with Gasteiger partial charge in [-0.05, 0) is 37.6 Å². The molecule has 0 saturated heterocycles. The number of nitrogens with one attached hydrogen (secondary N) is 1. The van der Waals surface area contributed by atoms with Gasteiger partial charge in [0, 0.05) is 12.6 Å². The summed E-state index contributed by atoms with van der Waals surface area (Å²) in [6.45, 7) is 3.77. The topological polar surface area (TPSA) is 97.1 Å². The Balaban J connectivity index is 2.09. The SMILES string of the molecule is Cc1cc([C@@H](C)Nc2ccc(Cl)nc2C(=O)O)c2ncn(C)c(=O)c2c1. The van der Waals surface area contributed by atoms with Crippen LogP contribution in [0.25, 0.3) is 10.9 Å². The molecule has 0 radical (unpaired) electrons. The van der Waals surface area contributed by atoms with E-state index >= 15 is 0 Å². The Morgan fingerprint density at radius 1 is 1.35 bits per heavy atom. The van der Waals surface area contributed by atoms with Crippen molar-refractivity contribution in [2.45, 2.75) is 19.9 Å². The lowest BCUT2D eigenvalue weighted by atomic mass is 10.0. The average molecular weight is 373 g/mol. The van der Waals surface area contributed by atoms with Crippen LogP contribution in [0.5, 0.6) is 0 Å². The van der Waals surface area contributed by atoms with Gasteiger partial charge in [0.15, 0.2) is 5.69 Å². The number of hydrogen-bond donors (Lipinski definition) is 2. The van der Waals surface area contributed by atoms with Crippen LogP contribution in [-0.2, 0) is 7.05 Å². The first-order chi connectivity index (χ1) is 12.3. The molecule has 0 aliphatic rings. The summed E-state index contributed by atoms with van der Waals surface area (Å²) < 4.78 is 1.43. The lowest BCUT2D eigenvalue weighted by molar-refractivity contribution is 0.0691. The maximum absolute atomic E-state index is 12.4. The third kappa shape index (κ3) is 3.25. The summed E-state index contributed by atoms with van der Waals surface area (Å²) in [7, 11) is 1.65. The maximum Gasteiger partial charge on any atom is 0.356 e. The Bertz CT molecular complexity index is 1080. The van der Waals surface area contributed by atoms with Crippen molar-refractivity contribution in [2.24, 2.45) is 7.05 Å². The zero-order chi connectivity index (χ0) is 19.0. The van der Waals surface area contributed by atoms with Gasteiger partial charge in [-0.25, -0.2) is 14.8 Å². The van der Waals surface area contributed by atoms with Crippen molar-refractivity contribution in [3.63, 3.8) is 0 Å². The van der Waals surface area contributed by atoms with E-state index in [1.807, 2.05) is 19.9 Å². The zero-order valence-corrected chi connectivity index (χ0v) is 15.2. The molecule has 0 bridgehead atoms. The lowest BCUT2D eigenvalue weighted by Gasteiger charge is -2.19. The van der Waals surface area contributed by atoms with Crippen molar-refractivity contribution >= 4 is 34.2 Å². The molecule has 1 aromatic carbocycles. The van der Waals surface area contributed by atoms with Gasteiger partial charge < -0.3 is 15.0 Å². The molecule has 0 aliphatic carbocycles. The van der Waals surface area contributed by atoms with Crippen molar-refractivity contribution in [1.82, 2.24) is 14.5 Å². The number of rotatable bonds is 4. The fraction of sp³-hybridized carbons (Fsp3) is 0.222. The number of halogens is 1. The van der Waals surface area contributed by atoms with Gasteiger partial charge in [-0.1, -0.05) is 17.7 Å². The van der Waals surface area contributed by atoms with E-state index in [0.29, 0.717) is 16.6 Å². The summed E-state index contributed by atoms with van der Waals surface area (Å²) >= 11 is 5.80. The molecule has 3 aromatic rings. The number of carbonyl (C=O) groups is 1. The molecule has 0 amide bonds. The number of anilines is 1. The van der Waals surface area contributed by atoms with Gasteiger partial charge in [0.2, 0.25) is 0 Å². The quantitative estimate of drug-likeness (QED) is 0.683. The minimum atomic E-state index is -1.18. The molecule has 3 rings (SSSR count). The normalized spacial score (nSPS) is 12.2. The number of aromatic nitrogens is 3. The summed E-state index contributed by atoms with van der Waals surface area (Å²) in [5, 5.41) is 13.1. The number of carboxylic acid groups (broad SMARTS) is 1. The second kappa shape index (κ2) is 6.76. The van der Waals surface area contributed by atoms with Gasteiger partial charge in [-0.15, -0.1) is 0 Å². The molecule has 0 fully saturated rings. The monoisotopic (exact) mass is 372 g/mol. The first kappa shape index (κ1) is 17.9. The second-order valence-electron chi connectivity index (χ2n) is 6.11. The van der Waals surface area contributed by atoms with Crippen LogP contribution >= 0.6 is 11.6 Å². The second-order valence-corrected chi connectivity index (χ2v) is 6.50. The van der Waals surface area contributed by atoms with Crippen molar-refractivity contribution < 1.29 is 9.90 Å². The molecule has 0 unspecified atom stereocenters.